The van der Waals surface area contributed by atoms with Crippen molar-refractivity contribution in [1.29, 1.82) is 0 Å². The standard InChI is InChI=1S/C23H22ClN3/c1-2-3-15-25-19-13-14-21-22(16-19)27(20-7-5-4-6-8-20)23(26-21)17-9-11-18(24)12-10-17/h4-14,16,25H,2-3,15H2,1H3. The minimum atomic E-state index is 0.725. The molecule has 4 heteroatoms. The molecule has 4 rings (SSSR count). The third-order valence-electron chi connectivity index (χ3n) is 4.63. The highest BCUT2D eigenvalue weighted by atomic mass is 35.5. The predicted molar refractivity (Wildman–Crippen MR) is 115 cm³/mol. The Morgan fingerprint density at radius 2 is 1.74 bits per heavy atom. The Labute approximate surface area is 164 Å². The van der Waals surface area contributed by atoms with Gasteiger partial charge in [-0.1, -0.05) is 43.1 Å². The van der Waals surface area contributed by atoms with Crippen LogP contribution in [-0.4, -0.2) is 16.1 Å². The number of anilines is 1. The van der Waals surface area contributed by atoms with E-state index < -0.39 is 0 Å². The number of imidazole rings is 1. The number of rotatable bonds is 6. The van der Waals surface area contributed by atoms with Crippen LogP contribution in [0.4, 0.5) is 5.69 Å². The van der Waals surface area contributed by atoms with E-state index in [1.54, 1.807) is 0 Å². The first-order valence-electron chi connectivity index (χ1n) is 9.34. The average molecular weight is 376 g/mol. The highest BCUT2D eigenvalue weighted by Crippen LogP contribution is 2.30. The zero-order valence-electron chi connectivity index (χ0n) is 15.3. The van der Waals surface area contributed by atoms with Crippen molar-refractivity contribution in [2.75, 3.05) is 11.9 Å². The number of nitrogens with zero attached hydrogens (tertiary/aromatic N) is 2. The SMILES string of the molecule is CCCCNc1ccc2nc(-c3ccc(Cl)cc3)n(-c3ccccc3)c2c1. The molecule has 1 N–H and O–H groups in total. The van der Waals surface area contributed by atoms with Crippen LogP contribution in [-0.2, 0) is 0 Å². The molecule has 0 fully saturated rings. The fraction of sp³-hybridized carbons (Fsp3) is 0.174. The molecule has 0 spiro atoms. The summed E-state index contributed by atoms with van der Waals surface area (Å²) in [6, 6.07) is 24.6. The smallest absolute Gasteiger partial charge is 0.145 e. The number of halogens is 1. The van der Waals surface area contributed by atoms with Crippen molar-refractivity contribution in [2.24, 2.45) is 0 Å². The maximum atomic E-state index is 6.08. The summed E-state index contributed by atoms with van der Waals surface area (Å²) in [5, 5.41) is 4.24. The summed E-state index contributed by atoms with van der Waals surface area (Å²) in [6.45, 7) is 3.18. The Kier molecular flexibility index (Phi) is 5.12. The van der Waals surface area contributed by atoms with E-state index in [1.165, 1.54) is 6.42 Å². The van der Waals surface area contributed by atoms with Gasteiger partial charge in [0.15, 0.2) is 0 Å². The number of fused-ring (bicyclic) bond motifs is 1. The van der Waals surface area contributed by atoms with Gasteiger partial charge in [0.2, 0.25) is 0 Å². The molecule has 0 aliphatic carbocycles. The van der Waals surface area contributed by atoms with Gasteiger partial charge < -0.3 is 5.32 Å². The van der Waals surface area contributed by atoms with Crippen molar-refractivity contribution < 1.29 is 0 Å². The van der Waals surface area contributed by atoms with Crippen molar-refractivity contribution in [3.05, 3.63) is 77.8 Å². The molecule has 0 amide bonds. The van der Waals surface area contributed by atoms with Gasteiger partial charge in [0.05, 0.1) is 11.0 Å². The third-order valence-corrected chi connectivity index (χ3v) is 4.88. The fourth-order valence-corrected chi connectivity index (χ4v) is 3.35. The Balaban J connectivity index is 1.88. The van der Waals surface area contributed by atoms with E-state index in [9.17, 15) is 0 Å². The van der Waals surface area contributed by atoms with Gasteiger partial charge in [-0.2, -0.15) is 0 Å². The average Bonchev–Trinajstić information content (AvgIpc) is 3.08. The zero-order valence-corrected chi connectivity index (χ0v) is 16.1. The Morgan fingerprint density at radius 1 is 0.963 bits per heavy atom. The Morgan fingerprint density at radius 3 is 2.48 bits per heavy atom. The molecule has 0 aliphatic heterocycles. The number of aromatic nitrogens is 2. The molecule has 1 heterocycles. The van der Waals surface area contributed by atoms with Crippen molar-refractivity contribution >= 4 is 28.3 Å². The molecule has 0 unspecified atom stereocenters. The van der Waals surface area contributed by atoms with E-state index in [0.29, 0.717) is 0 Å². The minimum absolute atomic E-state index is 0.725. The fourth-order valence-electron chi connectivity index (χ4n) is 3.23. The van der Waals surface area contributed by atoms with Gasteiger partial charge >= 0.3 is 0 Å². The van der Waals surface area contributed by atoms with Crippen LogP contribution in [0.25, 0.3) is 28.1 Å². The van der Waals surface area contributed by atoms with Gasteiger partial charge in [0.1, 0.15) is 5.82 Å². The second-order valence-electron chi connectivity index (χ2n) is 6.60. The Bertz CT molecular complexity index is 1040. The molecule has 27 heavy (non-hydrogen) atoms. The van der Waals surface area contributed by atoms with Crippen molar-refractivity contribution in [3.63, 3.8) is 0 Å². The number of nitrogens with one attached hydrogen (secondary N) is 1. The lowest BCUT2D eigenvalue weighted by molar-refractivity contribution is 0.834. The van der Waals surface area contributed by atoms with Crippen molar-refractivity contribution in [3.8, 4) is 17.1 Å². The minimum Gasteiger partial charge on any atom is -0.385 e. The van der Waals surface area contributed by atoms with Crippen LogP contribution in [0.2, 0.25) is 5.02 Å². The van der Waals surface area contributed by atoms with E-state index in [4.69, 9.17) is 16.6 Å². The van der Waals surface area contributed by atoms with Gasteiger partial charge in [-0.05, 0) is 61.0 Å². The molecule has 4 aromatic rings. The lowest BCUT2D eigenvalue weighted by atomic mass is 10.2. The summed E-state index contributed by atoms with van der Waals surface area (Å²) < 4.78 is 2.21. The zero-order chi connectivity index (χ0) is 18.6. The highest BCUT2D eigenvalue weighted by Gasteiger charge is 2.14. The summed E-state index contributed by atoms with van der Waals surface area (Å²) in [4.78, 5) is 4.92. The summed E-state index contributed by atoms with van der Waals surface area (Å²) in [5.74, 6) is 0.915. The van der Waals surface area contributed by atoms with Crippen LogP contribution in [0.15, 0.2) is 72.8 Å². The molecular formula is C23H22ClN3. The quantitative estimate of drug-likeness (QED) is 0.387. The maximum Gasteiger partial charge on any atom is 0.145 e. The molecule has 0 aliphatic rings. The molecule has 1 aromatic heterocycles. The topological polar surface area (TPSA) is 29.9 Å². The number of hydrogen-bond acceptors (Lipinski definition) is 2. The van der Waals surface area contributed by atoms with Gasteiger partial charge in [-0.15, -0.1) is 0 Å². The van der Waals surface area contributed by atoms with Crippen LogP contribution < -0.4 is 5.32 Å². The van der Waals surface area contributed by atoms with Crippen LogP contribution >= 0.6 is 11.6 Å². The molecule has 0 saturated heterocycles. The maximum absolute atomic E-state index is 6.08. The first-order chi connectivity index (χ1) is 13.3. The summed E-state index contributed by atoms with van der Waals surface area (Å²) in [5.41, 5.74) is 5.32. The molecule has 0 atom stereocenters. The molecular weight excluding hydrogens is 354 g/mol. The second kappa shape index (κ2) is 7.85. The van der Waals surface area contributed by atoms with E-state index in [1.807, 2.05) is 30.3 Å². The largest absolute Gasteiger partial charge is 0.385 e. The Hall–Kier alpha value is -2.78. The first-order valence-corrected chi connectivity index (χ1v) is 9.72. The van der Waals surface area contributed by atoms with Gasteiger partial charge in [-0.25, -0.2) is 4.98 Å². The van der Waals surface area contributed by atoms with Gasteiger partial charge in [-0.3, -0.25) is 4.57 Å². The molecule has 3 aromatic carbocycles. The van der Waals surface area contributed by atoms with Crippen LogP contribution in [0.5, 0.6) is 0 Å². The van der Waals surface area contributed by atoms with E-state index in [0.717, 1.165) is 51.8 Å². The van der Waals surface area contributed by atoms with Gasteiger partial charge in [0, 0.05) is 28.5 Å². The summed E-state index contributed by atoms with van der Waals surface area (Å²) in [6.07, 6.45) is 2.34. The third kappa shape index (κ3) is 3.69. The lowest BCUT2D eigenvalue weighted by Crippen LogP contribution is -2.01. The molecule has 3 nitrogen and oxygen atoms in total. The van der Waals surface area contributed by atoms with Crippen LogP contribution in [0.3, 0.4) is 0 Å². The first kappa shape index (κ1) is 17.6. The van der Waals surface area contributed by atoms with E-state index in [2.05, 4.69) is 59.3 Å². The monoisotopic (exact) mass is 375 g/mol. The number of hydrogen-bond donors (Lipinski definition) is 1. The summed E-state index contributed by atoms with van der Waals surface area (Å²) in [7, 11) is 0. The molecule has 0 bridgehead atoms. The second-order valence-corrected chi connectivity index (χ2v) is 7.03. The lowest BCUT2D eigenvalue weighted by Gasteiger charge is -2.11. The van der Waals surface area contributed by atoms with Crippen molar-refractivity contribution in [1.82, 2.24) is 9.55 Å². The van der Waals surface area contributed by atoms with Crippen molar-refractivity contribution in [2.45, 2.75) is 19.8 Å². The number of benzene rings is 3. The molecule has 136 valence electrons. The molecule has 0 saturated carbocycles. The van der Waals surface area contributed by atoms with E-state index >= 15 is 0 Å². The van der Waals surface area contributed by atoms with Crippen LogP contribution in [0.1, 0.15) is 19.8 Å². The number of unbranched alkanes of at least 4 members (excludes halogenated alkanes) is 1. The summed E-state index contributed by atoms with van der Waals surface area (Å²) >= 11 is 6.08. The predicted octanol–water partition coefficient (Wildman–Crippen LogP) is 6.56. The van der Waals surface area contributed by atoms with Crippen LogP contribution in [0, 0.1) is 0 Å². The normalized spacial score (nSPS) is 11.0. The van der Waals surface area contributed by atoms with Gasteiger partial charge in [0.25, 0.3) is 0 Å². The number of para-hydroxylation sites is 1. The highest BCUT2D eigenvalue weighted by molar-refractivity contribution is 6.30. The molecule has 0 radical (unpaired) electrons. The van der Waals surface area contributed by atoms with E-state index in [-0.39, 0.29) is 0 Å².